The minimum atomic E-state index is -0.653. The van der Waals surface area contributed by atoms with Gasteiger partial charge < -0.3 is 10.1 Å². The molecule has 0 radical (unpaired) electrons. The Balaban J connectivity index is 1.92. The molecular formula is C27H24IN3O4. The summed E-state index contributed by atoms with van der Waals surface area (Å²) in [6.07, 6.45) is 2.18. The molecule has 0 heterocycles. The summed E-state index contributed by atoms with van der Waals surface area (Å²) in [7, 11) is 0. The van der Waals surface area contributed by atoms with Crippen molar-refractivity contribution >= 4 is 45.9 Å². The maximum absolute atomic E-state index is 12.7. The van der Waals surface area contributed by atoms with Gasteiger partial charge in [0, 0.05) is 33.4 Å². The van der Waals surface area contributed by atoms with Crippen LogP contribution in [-0.4, -0.2) is 17.4 Å². The van der Waals surface area contributed by atoms with Gasteiger partial charge in [-0.05, 0) is 78.8 Å². The minimum absolute atomic E-state index is 0.128. The Morgan fingerprint density at radius 2 is 1.89 bits per heavy atom. The minimum Gasteiger partial charge on any atom is -0.494 e. The summed E-state index contributed by atoms with van der Waals surface area (Å²) in [5, 5.41) is 23.1. The van der Waals surface area contributed by atoms with Crippen LogP contribution in [0.3, 0.4) is 0 Å². The van der Waals surface area contributed by atoms with Crippen LogP contribution < -0.4 is 10.1 Å². The molecule has 1 N–H and O–H groups in total. The molecule has 35 heavy (non-hydrogen) atoms. The lowest BCUT2D eigenvalue weighted by atomic mass is 9.98. The molecule has 0 atom stereocenters. The van der Waals surface area contributed by atoms with Crippen molar-refractivity contribution in [3.8, 4) is 11.8 Å². The van der Waals surface area contributed by atoms with Crippen molar-refractivity contribution in [3.63, 3.8) is 0 Å². The van der Waals surface area contributed by atoms with Gasteiger partial charge in [0.25, 0.3) is 11.6 Å². The molecule has 7 nitrogen and oxygen atoms in total. The molecule has 0 fully saturated rings. The molecule has 0 aliphatic carbocycles. The molecule has 0 saturated heterocycles. The predicted molar refractivity (Wildman–Crippen MR) is 144 cm³/mol. The van der Waals surface area contributed by atoms with E-state index in [2.05, 4.69) is 60.0 Å². The summed E-state index contributed by atoms with van der Waals surface area (Å²) < 4.78 is 6.87. The number of hydrogen-bond acceptors (Lipinski definition) is 5. The first kappa shape index (κ1) is 25.9. The number of non-ortho nitro benzene ring substituents is 1. The van der Waals surface area contributed by atoms with E-state index < -0.39 is 10.8 Å². The van der Waals surface area contributed by atoms with Gasteiger partial charge in [-0.25, -0.2) is 0 Å². The van der Waals surface area contributed by atoms with E-state index in [1.165, 1.54) is 47.0 Å². The number of nitro groups is 1. The molecular weight excluding hydrogens is 557 g/mol. The monoisotopic (exact) mass is 581 g/mol. The highest BCUT2D eigenvalue weighted by Gasteiger charge is 2.15. The van der Waals surface area contributed by atoms with Gasteiger partial charge in [-0.2, -0.15) is 5.26 Å². The second kappa shape index (κ2) is 11.6. The smallest absolute Gasteiger partial charge is 0.271 e. The number of hydrogen-bond donors (Lipinski definition) is 1. The molecule has 178 valence electrons. The Morgan fingerprint density at radius 1 is 1.17 bits per heavy atom. The SMILES string of the molecule is CCOc1cc(/C=C(\C#N)C(=O)Nc2cccc([N+](=O)[O-])c2)cc(I)c1Cc1cc(C)cc(C)c1. The molecule has 8 heteroatoms. The normalized spacial score (nSPS) is 11.0. The number of ether oxygens (including phenoxy) is 1. The summed E-state index contributed by atoms with van der Waals surface area (Å²) in [6.45, 7) is 6.52. The zero-order chi connectivity index (χ0) is 25.5. The number of amides is 1. The highest BCUT2D eigenvalue weighted by Crippen LogP contribution is 2.30. The van der Waals surface area contributed by atoms with Crippen LogP contribution in [0.1, 0.15) is 34.7 Å². The summed E-state index contributed by atoms with van der Waals surface area (Å²) in [6, 6.07) is 17.6. The molecule has 3 aromatic rings. The van der Waals surface area contributed by atoms with Gasteiger partial charge in [0.15, 0.2) is 0 Å². The molecule has 3 aromatic carbocycles. The lowest BCUT2D eigenvalue weighted by Gasteiger charge is -2.15. The number of halogens is 1. The van der Waals surface area contributed by atoms with E-state index in [1.54, 1.807) is 0 Å². The van der Waals surface area contributed by atoms with Gasteiger partial charge >= 0.3 is 0 Å². The third kappa shape index (κ3) is 6.90. The molecule has 0 bridgehead atoms. The average Bonchev–Trinajstić information content (AvgIpc) is 2.79. The number of nitrogens with zero attached hydrogens (tertiary/aromatic N) is 2. The lowest BCUT2D eigenvalue weighted by molar-refractivity contribution is -0.384. The summed E-state index contributed by atoms with van der Waals surface area (Å²) in [5.41, 5.74) is 5.21. The molecule has 0 aliphatic heterocycles. The highest BCUT2D eigenvalue weighted by molar-refractivity contribution is 14.1. The fourth-order valence-corrected chi connectivity index (χ4v) is 4.57. The largest absolute Gasteiger partial charge is 0.494 e. The van der Waals surface area contributed by atoms with Gasteiger partial charge in [0.1, 0.15) is 17.4 Å². The topological polar surface area (TPSA) is 105 Å². The maximum atomic E-state index is 12.7. The van der Waals surface area contributed by atoms with Crippen LogP contribution in [0, 0.1) is 38.9 Å². The van der Waals surface area contributed by atoms with Gasteiger partial charge in [-0.15, -0.1) is 0 Å². The number of carbonyl (C=O) groups excluding carboxylic acids is 1. The number of rotatable bonds is 8. The standard InChI is InChI=1S/C27H24IN3O4/c1-4-35-26-14-20(13-25(28)24(26)12-19-9-17(2)8-18(3)10-19)11-21(16-29)27(32)30-22-6-5-7-23(15-22)31(33)34/h5-11,13-15H,4,12H2,1-3H3,(H,30,32)/b21-11+. The van der Waals surface area contributed by atoms with Crippen LogP contribution in [0.25, 0.3) is 6.08 Å². The Labute approximate surface area is 217 Å². The van der Waals surface area contributed by atoms with E-state index in [0.29, 0.717) is 24.3 Å². The fourth-order valence-electron chi connectivity index (χ4n) is 3.76. The van der Waals surface area contributed by atoms with E-state index in [4.69, 9.17) is 4.74 Å². The number of anilines is 1. The lowest BCUT2D eigenvalue weighted by Crippen LogP contribution is -2.13. The van der Waals surface area contributed by atoms with Crippen LogP contribution in [-0.2, 0) is 11.2 Å². The van der Waals surface area contributed by atoms with E-state index in [1.807, 2.05) is 25.1 Å². The second-order valence-corrected chi connectivity index (χ2v) is 9.18. The maximum Gasteiger partial charge on any atom is 0.271 e. The third-order valence-corrected chi connectivity index (χ3v) is 6.09. The Hall–Kier alpha value is -3.71. The quantitative estimate of drug-likeness (QED) is 0.110. The zero-order valence-corrected chi connectivity index (χ0v) is 21.8. The fraction of sp³-hybridized carbons (Fsp3) is 0.185. The third-order valence-electron chi connectivity index (χ3n) is 5.13. The number of nitrogens with one attached hydrogen (secondary N) is 1. The molecule has 0 spiro atoms. The molecule has 0 aromatic heterocycles. The van der Waals surface area contributed by atoms with Crippen LogP contribution in [0.15, 0.2) is 60.2 Å². The van der Waals surface area contributed by atoms with Crippen LogP contribution in [0.2, 0.25) is 0 Å². The van der Waals surface area contributed by atoms with E-state index in [9.17, 15) is 20.2 Å². The molecule has 1 amide bonds. The molecule has 0 unspecified atom stereocenters. The first-order valence-corrected chi connectivity index (χ1v) is 12.0. The van der Waals surface area contributed by atoms with Crippen LogP contribution >= 0.6 is 22.6 Å². The number of nitriles is 1. The van der Waals surface area contributed by atoms with Crippen molar-refractivity contribution in [2.45, 2.75) is 27.2 Å². The van der Waals surface area contributed by atoms with Crippen LogP contribution in [0.5, 0.6) is 5.75 Å². The summed E-state index contributed by atoms with van der Waals surface area (Å²) in [5.74, 6) is 0.0430. The Bertz CT molecular complexity index is 1340. The van der Waals surface area contributed by atoms with Crippen molar-refractivity contribution in [2.24, 2.45) is 0 Å². The highest BCUT2D eigenvalue weighted by atomic mass is 127. The van der Waals surface area contributed by atoms with Crippen LogP contribution in [0.4, 0.5) is 11.4 Å². The first-order valence-electron chi connectivity index (χ1n) is 10.9. The van der Waals surface area contributed by atoms with Crippen molar-refractivity contribution in [1.82, 2.24) is 0 Å². The Morgan fingerprint density at radius 3 is 2.51 bits per heavy atom. The van der Waals surface area contributed by atoms with Gasteiger partial charge in [0.2, 0.25) is 0 Å². The zero-order valence-electron chi connectivity index (χ0n) is 19.6. The average molecular weight is 581 g/mol. The van der Waals surface area contributed by atoms with Crippen molar-refractivity contribution < 1.29 is 14.5 Å². The molecule has 0 aliphatic rings. The molecule has 3 rings (SSSR count). The predicted octanol–water partition coefficient (Wildman–Crippen LogP) is 6.35. The Kier molecular flexibility index (Phi) is 8.60. The van der Waals surface area contributed by atoms with Gasteiger partial charge in [-0.1, -0.05) is 35.4 Å². The summed E-state index contributed by atoms with van der Waals surface area (Å²) >= 11 is 2.24. The first-order chi connectivity index (χ1) is 16.7. The number of benzene rings is 3. The van der Waals surface area contributed by atoms with Crippen molar-refractivity contribution in [3.05, 3.63) is 102 Å². The van der Waals surface area contributed by atoms with E-state index >= 15 is 0 Å². The number of carbonyl (C=O) groups is 1. The van der Waals surface area contributed by atoms with Crippen molar-refractivity contribution in [1.29, 1.82) is 5.26 Å². The number of nitro benzene ring substituents is 1. The van der Waals surface area contributed by atoms with E-state index in [-0.39, 0.29) is 16.9 Å². The summed E-state index contributed by atoms with van der Waals surface area (Å²) in [4.78, 5) is 23.1. The number of aryl methyl sites for hydroxylation is 2. The molecule has 0 saturated carbocycles. The van der Waals surface area contributed by atoms with Gasteiger partial charge in [-0.3, -0.25) is 14.9 Å². The second-order valence-electron chi connectivity index (χ2n) is 8.02. The van der Waals surface area contributed by atoms with E-state index in [0.717, 1.165) is 9.13 Å². The van der Waals surface area contributed by atoms with Crippen molar-refractivity contribution in [2.75, 3.05) is 11.9 Å². The van der Waals surface area contributed by atoms with Gasteiger partial charge in [0.05, 0.1) is 11.5 Å².